The van der Waals surface area contributed by atoms with Gasteiger partial charge in [0.05, 0.1) is 16.3 Å². The molecule has 0 fully saturated rings. The molecule has 0 radical (unpaired) electrons. The predicted octanol–water partition coefficient (Wildman–Crippen LogP) is 5.83. The summed E-state index contributed by atoms with van der Waals surface area (Å²) in [5.74, 6) is -0.0949. The van der Waals surface area contributed by atoms with Crippen molar-refractivity contribution in [2.75, 3.05) is 11.9 Å². The molecular formula is C27H24ClFN4O. The van der Waals surface area contributed by atoms with E-state index in [2.05, 4.69) is 15.6 Å². The van der Waals surface area contributed by atoms with Gasteiger partial charge in [0.2, 0.25) is 0 Å². The van der Waals surface area contributed by atoms with Gasteiger partial charge in [0.1, 0.15) is 11.6 Å². The molecule has 4 aromatic rings. The number of anilines is 1. The minimum atomic E-state index is -0.276. The largest absolute Gasteiger partial charge is 0.369 e. The van der Waals surface area contributed by atoms with Gasteiger partial charge in [-0.05, 0) is 66.4 Å². The summed E-state index contributed by atoms with van der Waals surface area (Å²) in [6.07, 6.45) is 3.97. The van der Waals surface area contributed by atoms with Crippen molar-refractivity contribution in [3.63, 3.8) is 0 Å². The molecule has 2 aromatic carbocycles. The van der Waals surface area contributed by atoms with Crippen molar-refractivity contribution in [1.82, 2.24) is 15.3 Å². The van der Waals surface area contributed by atoms with Crippen molar-refractivity contribution < 1.29 is 9.18 Å². The van der Waals surface area contributed by atoms with Crippen molar-refractivity contribution >= 4 is 23.3 Å². The van der Waals surface area contributed by atoms with Gasteiger partial charge in [-0.3, -0.25) is 9.78 Å². The molecule has 172 valence electrons. The van der Waals surface area contributed by atoms with Crippen LogP contribution in [0.5, 0.6) is 0 Å². The zero-order valence-corrected chi connectivity index (χ0v) is 19.4. The maximum absolute atomic E-state index is 13.5. The summed E-state index contributed by atoms with van der Waals surface area (Å²) in [4.78, 5) is 21.8. The molecule has 7 heteroatoms. The normalized spacial score (nSPS) is 10.7. The van der Waals surface area contributed by atoms with Gasteiger partial charge >= 0.3 is 0 Å². The van der Waals surface area contributed by atoms with Gasteiger partial charge in [0.25, 0.3) is 5.91 Å². The van der Waals surface area contributed by atoms with E-state index in [1.807, 2.05) is 43.3 Å². The van der Waals surface area contributed by atoms with E-state index in [1.54, 1.807) is 30.6 Å². The third-order valence-electron chi connectivity index (χ3n) is 5.31. The van der Waals surface area contributed by atoms with Crippen molar-refractivity contribution in [2.24, 2.45) is 0 Å². The molecule has 0 saturated heterocycles. The molecule has 0 aliphatic rings. The fraction of sp³-hybridized carbons (Fsp3) is 0.148. The Kier molecular flexibility index (Phi) is 7.50. The first kappa shape index (κ1) is 23.4. The number of pyridine rings is 2. The molecule has 2 N–H and O–H groups in total. The molecule has 34 heavy (non-hydrogen) atoms. The van der Waals surface area contributed by atoms with Crippen molar-refractivity contribution in [1.29, 1.82) is 0 Å². The third-order valence-corrected chi connectivity index (χ3v) is 5.62. The Bertz CT molecular complexity index is 1300. The Morgan fingerprint density at radius 1 is 1.03 bits per heavy atom. The Morgan fingerprint density at radius 3 is 2.65 bits per heavy atom. The van der Waals surface area contributed by atoms with Gasteiger partial charge in [0.15, 0.2) is 0 Å². The van der Waals surface area contributed by atoms with Crippen LogP contribution in [0.25, 0.3) is 11.3 Å². The van der Waals surface area contributed by atoms with Crippen molar-refractivity contribution in [3.05, 3.63) is 112 Å². The number of halogens is 2. The van der Waals surface area contributed by atoms with E-state index in [-0.39, 0.29) is 11.7 Å². The van der Waals surface area contributed by atoms with E-state index in [9.17, 15) is 9.18 Å². The summed E-state index contributed by atoms with van der Waals surface area (Å²) >= 11 is 6.45. The number of carbonyl (C=O) groups is 1. The average molecular weight is 475 g/mol. The SMILES string of the molecule is Cc1ccc(-c2ccc(C(=O)NCc3cccnc3)c(NCCc3cccc(F)c3)n2)c(Cl)c1. The molecule has 0 saturated carbocycles. The summed E-state index contributed by atoms with van der Waals surface area (Å²) in [5.41, 5.74) is 4.65. The van der Waals surface area contributed by atoms with Crippen LogP contribution in [0.3, 0.4) is 0 Å². The number of hydrogen-bond donors (Lipinski definition) is 2. The highest BCUT2D eigenvalue weighted by atomic mass is 35.5. The van der Waals surface area contributed by atoms with Gasteiger partial charge in [0, 0.05) is 31.0 Å². The fourth-order valence-electron chi connectivity index (χ4n) is 3.55. The van der Waals surface area contributed by atoms with Crippen LogP contribution >= 0.6 is 11.6 Å². The Balaban J connectivity index is 1.57. The Labute approximate surface area is 203 Å². The van der Waals surface area contributed by atoms with Crippen LogP contribution in [0.4, 0.5) is 10.2 Å². The molecule has 0 aliphatic heterocycles. The standard InChI is InChI=1S/C27H24ClFN4O/c1-18-7-8-22(24(28)14-18)25-10-9-23(27(34)32-17-20-5-3-12-30-16-20)26(33-25)31-13-11-19-4-2-6-21(29)15-19/h2-10,12,14-16H,11,13,17H2,1H3,(H,31,33)(H,32,34). The molecule has 0 spiro atoms. The van der Waals surface area contributed by atoms with E-state index < -0.39 is 0 Å². The highest BCUT2D eigenvalue weighted by molar-refractivity contribution is 6.33. The summed E-state index contributed by atoms with van der Waals surface area (Å²) < 4.78 is 13.5. The molecule has 1 amide bonds. The maximum atomic E-state index is 13.5. The van der Waals surface area contributed by atoms with E-state index in [1.165, 1.54) is 12.1 Å². The molecule has 0 atom stereocenters. The number of aromatic nitrogens is 2. The first-order valence-corrected chi connectivity index (χ1v) is 11.3. The second kappa shape index (κ2) is 10.9. The lowest BCUT2D eigenvalue weighted by molar-refractivity contribution is 0.0951. The van der Waals surface area contributed by atoms with Crippen LogP contribution in [-0.4, -0.2) is 22.4 Å². The van der Waals surface area contributed by atoms with Crippen LogP contribution in [0.15, 0.2) is 79.1 Å². The van der Waals surface area contributed by atoms with Crippen LogP contribution in [0.1, 0.15) is 27.0 Å². The minimum absolute atomic E-state index is 0.258. The lowest BCUT2D eigenvalue weighted by Crippen LogP contribution is -2.24. The lowest BCUT2D eigenvalue weighted by Gasteiger charge is -2.14. The molecular weight excluding hydrogens is 451 g/mol. The van der Waals surface area contributed by atoms with Crippen LogP contribution in [0, 0.1) is 12.7 Å². The van der Waals surface area contributed by atoms with Gasteiger partial charge in [-0.15, -0.1) is 0 Å². The molecule has 0 unspecified atom stereocenters. The van der Waals surface area contributed by atoms with E-state index in [0.29, 0.717) is 41.6 Å². The molecule has 4 rings (SSSR count). The number of carbonyl (C=O) groups excluding carboxylic acids is 1. The number of aryl methyl sites for hydroxylation is 1. The van der Waals surface area contributed by atoms with Gasteiger partial charge < -0.3 is 10.6 Å². The van der Waals surface area contributed by atoms with Crippen molar-refractivity contribution in [3.8, 4) is 11.3 Å². The third kappa shape index (κ3) is 5.97. The van der Waals surface area contributed by atoms with Crippen LogP contribution in [0.2, 0.25) is 5.02 Å². The number of nitrogens with one attached hydrogen (secondary N) is 2. The fourth-order valence-corrected chi connectivity index (χ4v) is 3.88. The first-order chi connectivity index (χ1) is 16.5. The quantitative estimate of drug-likeness (QED) is 0.337. The molecule has 2 aromatic heterocycles. The van der Waals surface area contributed by atoms with Gasteiger partial charge in [-0.25, -0.2) is 9.37 Å². The summed E-state index contributed by atoms with van der Waals surface area (Å²) in [6, 6.07) is 19.5. The number of benzene rings is 2. The zero-order chi connectivity index (χ0) is 23.9. The highest BCUT2D eigenvalue weighted by Crippen LogP contribution is 2.29. The number of nitrogens with zero attached hydrogens (tertiary/aromatic N) is 2. The van der Waals surface area contributed by atoms with E-state index in [4.69, 9.17) is 16.6 Å². The average Bonchev–Trinajstić information content (AvgIpc) is 2.83. The van der Waals surface area contributed by atoms with E-state index in [0.717, 1.165) is 22.3 Å². The molecule has 5 nitrogen and oxygen atoms in total. The topological polar surface area (TPSA) is 66.9 Å². The summed E-state index contributed by atoms with van der Waals surface area (Å²) in [5, 5.41) is 6.76. The molecule has 0 aliphatic carbocycles. The molecule has 0 bridgehead atoms. The summed E-state index contributed by atoms with van der Waals surface area (Å²) in [7, 11) is 0. The van der Waals surface area contributed by atoms with E-state index >= 15 is 0 Å². The highest BCUT2D eigenvalue weighted by Gasteiger charge is 2.15. The van der Waals surface area contributed by atoms with Crippen LogP contribution < -0.4 is 10.6 Å². The number of rotatable bonds is 8. The second-order valence-corrected chi connectivity index (χ2v) is 8.33. The minimum Gasteiger partial charge on any atom is -0.369 e. The summed E-state index contributed by atoms with van der Waals surface area (Å²) in [6.45, 7) is 2.80. The predicted molar refractivity (Wildman–Crippen MR) is 133 cm³/mol. The monoisotopic (exact) mass is 474 g/mol. The number of amides is 1. The molecule has 2 heterocycles. The van der Waals surface area contributed by atoms with Gasteiger partial charge in [-0.1, -0.05) is 41.9 Å². The Morgan fingerprint density at radius 2 is 1.88 bits per heavy atom. The smallest absolute Gasteiger partial charge is 0.255 e. The van der Waals surface area contributed by atoms with Gasteiger partial charge in [-0.2, -0.15) is 0 Å². The number of hydrogen-bond acceptors (Lipinski definition) is 4. The maximum Gasteiger partial charge on any atom is 0.255 e. The first-order valence-electron chi connectivity index (χ1n) is 10.9. The second-order valence-electron chi connectivity index (χ2n) is 7.93. The van der Waals surface area contributed by atoms with Crippen molar-refractivity contribution in [2.45, 2.75) is 19.9 Å². The Hall–Kier alpha value is -3.77. The lowest BCUT2D eigenvalue weighted by atomic mass is 10.1. The zero-order valence-electron chi connectivity index (χ0n) is 18.7. The van der Waals surface area contributed by atoms with Crippen LogP contribution in [-0.2, 0) is 13.0 Å².